The maximum absolute atomic E-state index is 13.7. The monoisotopic (exact) mass is 470 g/mol. The molecule has 0 bridgehead atoms. The summed E-state index contributed by atoms with van der Waals surface area (Å²) in [5, 5.41) is 4.60. The van der Waals surface area contributed by atoms with Gasteiger partial charge < -0.3 is 13.7 Å². The summed E-state index contributed by atoms with van der Waals surface area (Å²) in [5.41, 5.74) is 3.71. The number of hydrogen-bond donors (Lipinski definition) is 0. The summed E-state index contributed by atoms with van der Waals surface area (Å²) in [6.07, 6.45) is 3.78. The van der Waals surface area contributed by atoms with E-state index in [1.165, 1.54) is 0 Å². The Morgan fingerprint density at radius 2 is 2.06 bits per heavy atom. The summed E-state index contributed by atoms with van der Waals surface area (Å²) in [5.74, 6) is -1.72. The lowest BCUT2D eigenvalue weighted by Crippen LogP contribution is -2.14. The number of aryl methyl sites for hydroxylation is 2. The van der Waals surface area contributed by atoms with Crippen LogP contribution in [-0.4, -0.2) is 32.1 Å². The first-order valence-corrected chi connectivity index (χ1v) is 10.9. The number of nitrogens with zero attached hydrogens (tertiary/aromatic N) is 4. The van der Waals surface area contributed by atoms with Crippen molar-refractivity contribution < 1.29 is 18.0 Å². The van der Waals surface area contributed by atoms with Crippen molar-refractivity contribution in [2.24, 2.45) is 5.92 Å². The molecule has 3 heterocycles. The zero-order valence-electron chi connectivity index (χ0n) is 18.1. The number of halogens is 3. The standard InChI is InChI=1S/C24H21ClF2N4O2/c1-13-6-18(25)22-28-19(11-31(22)10-13)21-29-23(33-30-21)17-4-5-20(14(2)7-17)32-12-16-8-15(3)24(26,27)9-16/h4-7,10-11,16H,3,8-9,12H2,1-2H3/t16-/m1/s1. The molecule has 5 rings (SSSR count). The fraction of sp³-hybridized carbons (Fsp3) is 0.292. The highest BCUT2D eigenvalue weighted by Crippen LogP contribution is 2.42. The highest BCUT2D eigenvalue weighted by Gasteiger charge is 2.43. The highest BCUT2D eigenvalue weighted by atomic mass is 35.5. The van der Waals surface area contributed by atoms with Gasteiger partial charge in [-0.3, -0.25) is 0 Å². The van der Waals surface area contributed by atoms with E-state index in [2.05, 4.69) is 21.7 Å². The average molecular weight is 471 g/mol. The molecule has 1 aromatic carbocycles. The third kappa shape index (κ3) is 4.11. The quantitative estimate of drug-likeness (QED) is 0.320. The summed E-state index contributed by atoms with van der Waals surface area (Å²) < 4.78 is 40.4. The number of hydrogen-bond acceptors (Lipinski definition) is 5. The molecule has 0 spiro atoms. The second kappa shape index (κ2) is 7.95. The second-order valence-electron chi connectivity index (χ2n) is 8.52. The number of allylic oxidation sites excluding steroid dienone is 1. The molecule has 0 amide bonds. The maximum Gasteiger partial charge on any atom is 0.269 e. The van der Waals surface area contributed by atoms with Gasteiger partial charge in [0, 0.05) is 30.3 Å². The molecule has 9 heteroatoms. The van der Waals surface area contributed by atoms with Crippen molar-refractivity contribution in [1.82, 2.24) is 19.5 Å². The van der Waals surface area contributed by atoms with Gasteiger partial charge in [-0.1, -0.05) is 23.3 Å². The molecular weight excluding hydrogens is 450 g/mol. The summed E-state index contributed by atoms with van der Waals surface area (Å²) in [6, 6.07) is 7.28. The Kier molecular flexibility index (Phi) is 5.20. The third-order valence-corrected chi connectivity index (χ3v) is 6.07. The third-order valence-electron chi connectivity index (χ3n) is 5.79. The van der Waals surface area contributed by atoms with Gasteiger partial charge >= 0.3 is 0 Å². The fourth-order valence-electron chi connectivity index (χ4n) is 4.09. The van der Waals surface area contributed by atoms with Crippen molar-refractivity contribution in [2.45, 2.75) is 32.6 Å². The minimum atomic E-state index is -2.80. The normalized spacial score (nSPS) is 17.7. The van der Waals surface area contributed by atoms with Gasteiger partial charge in [0.15, 0.2) is 5.65 Å². The lowest BCUT2D eigenvalue weighted by molar-refractivity contribution is 0.0378. The van der Waals surface area contributed by atoms with Gasteiger partial charge in [-0.05, 0) is 61.2 Å². The molecule has 0 saturated heterocycles. The van der Waals surface area contributed by atoms with Crippen molar-refractivity contribution in [3.8, 4) is 28.7 Å². The van der Waals surface area contributed by atoms with E-state index in [1.807, 2.05) is 36.6 Å². The van der Waals surface area contributed by atoms with E-state index < -0.39 is 5.92 Å². The Labute approximate surface area is 193 Å². The maximum atomic E-state index is 13.7. The van der Waals surface area contributed by atoms with Crippen LogP contribution in [0.4, 0.5) is 8.78 Å². The molecule has 3 aromatic heterocycles. The fourth-order valence-corrected chi connectivity index (χ4v) is 4.40. The molecule has 1 atom stereocenters. The number of ether oxygens (including phenoxy) is 1. The smallest absolute Gasteiger partial charge is 0.269 e. The Hall–Kier alpha value is -3.26. The number of aromatic nitrogens is 4. The van der Waals surface area contributed by atoms with Crippen molar-refractivity contribution in [3.63, 3.8) is 0 Å². The number of pyridine rings is 1. The predicted octanol–water partition coefficient (Wildman–Crippen LogP) is 6.30. The first kappa shape index (κ1) is 21.6. The SMILES string of the molecule is C=C1C[C@@H](COc2ccc(-c3nc(-c4cn5cc(C)cc(Cl)c5n4)no3)cc2C)CC1(F)F. The van der Waals surface area contributed by atoms with Crippen LogP contribution in [0, 0.1) is 19.8 Å². The van der Waals surface area contributed by atoms with Gasteiger partial charge in [0.2, 0.25) is 5.82 Å². The van der Waals surface area contributed by atoms with E-state index >= 15 is 0 Å². The largest absolute Gasteiger partial charge is 0.493 e. The minimum absolute atomic E-state index is 0.0154. The molecule has 1 saturated carbocycles. The van der Waals surface area contributed by atoms with Gasteiger partial charge in [0.1, 0.15) is 11.4 Å². The first-order valence-electron chi connectivity index (χ1n) is 10.5. The molecule has 0 N–H and O–H groups in total. The van der Waals surface area contributed by atoms with E-state index in [0.29, 0.717) is 33.8 Å². The van der Waals surface area contributed by atoms with Crippen LogP contribution >= 0.6 is 11.6 Å². The van der Waals surface area contributed by atoms with Crippen molar-refractivity contribution in [3.05, 3.63) is 65.0 Å². The van der Waals surface area contributed by atoms with Crippen LogP contribution in [0.3, 0.4) is 0 Å². The van der Waals surface area contributed by atoms with Gasteiger partial charge in [-0.2, -0.15) is 4.98 Å². The molecule has 6 nitrogen and oxygen atoms in total. The van der Waals surface area contributed by atoms with Crippen LogP contribution in [0.5, 0.6) is 5.75 Å². The molecule has 0 radical (unpaired) electrons. The topological polar surface area (TPSA) is 65.5 Å². The summed E-state index contributed by atoms with van der Waals surface area (Å²) in [7, 11) is 0. The number of fused-ring (bicyclic) bond motifs is 1. The van der Waals surface area contributed by atoms with Gasteiger partial charge in [0.05, 0.1) is 11.6 Å². The molecule has 0 unspecified atom stereocenters. The van der Waals surface area contributed by atoms with Gasteiger partial charge in [-0.15, -0.1) is 0 Å². The number of imidazole rings is 1. The van der Waals surface area contributed by atoms with Gasteiger partial charge in [0.25, 0.3) is 11.8 Å². The van der Waals surface area contributed by atoms with E-state index in [-0.39, 0.29) is 30.9 Å². The van der Waals surface area contributed by atoms with Crippen LogP contribution in [0.25, 0.3) is 28.6 Å². The van der Waals surface area contributed by atoms with Crippen molar-refractivity contribution in [1.29, 1.82) is 0 Å². The molecule has 170 valence electrons. The summed E-state index contributed by atoms with van der Waals surface area (Å²) in [4.78, 5) is 8.98. The van der Waals surface area contributed by atoms with Crippen LogP contribution in [0.1, 0.15) is 24.0 Å². The van der Waals surface area contributed by atoms with Crippen molar-refractivity contribution >= 4 is 17.2 Å². The first-order chi connectivity index (χ1) is 15.7. The summed E-state index contributed by atoms with van der Waals surface area (Å²) in [6.45, 7) is 7.53. The average Bonchev–Trinajstić information content (AvgIpc) is 3.44. The molecular formula is C24H21ClF2N4O2. The van der Waals surface area contributed by atoms with Crippen LogP contribution in [0.2, 0.25) is 5.02 Å². The van der Waals surface area contributed by atoms with Gasteiger partial charge in [-0.25, -0.2) is 13.8 Å². The molecule has 0 aliphatic heterocycles. The summed E-state index contributed by atoms with van der Waals surface area (Å²) >= 11 is 6.28. The van der Waals surface area contributed by atoms with E-state index in [1.54, 1.807) is 18.3 Å². The minimum Gasteiger partial charge on any atom is -0.493 e. The number of alkyl halides is 2. The Balaban J connectivity index is 1.32. The Morgan fingerprint density at radius 1 is 1.24 bits per heavy atom. The van der Waals surface area contributed by atoms with Crippen LogP contribution in [0.15, 0.2) is 53.3 Å². The zero-order chi connectivity index (χ0) is 23.3. The molecule has 1 fully saturated rings. The highest BCUT2D eigenvalue weighted by molar-refractivity contribution is 6.33. The number of rotatable bonds is 5. The Morgan fingerprint density at radius 3 is 2.79 bits per heavy atom. The zero-order valence-corrected chi connectivity index (χ0v) is 18.9. The number of benzene rings is 1. The lowest BCUT2D eigenvalue weighted by Gasteiger charge is -2.14. The molecule has 4 aromatic rings. The van der Waals surface area contributed by atoms with Crippen LogP contribution < -0.4 is 4.74 Å². The van der Waals surface area contributed by atoms with Crippen LogP contribution in [-0.2, 0) is 0 Å². The molecule has 1 aliphatic carbocycles. The van der Waals surface area contributed by atoms with Crippen molar-refractivity contribution in [2.75, 3.05) is 6.61 Å². The molecule has 1 aliphatic rings. The molecule has 33 heavy (non-hydrogen) atoms. The second-order valence-corrected chi connectivity index (χ2v) is 8.93. The van der Waals surface area contributed by atoms with E-state index in [0.717, 1.165) is 16.7 Å². The van der Waals surface area contributed by atoms with E-state index in [4.69, 9.17) is 20.9 Å². The lowest BCUT2D eigenvalue weighted by atomic mass is 10.1. The Bertz CT molecular complexity index is 1380. The van der Waals surface area contributed by atoms with E-state index in [9.17, 15) is 8.78 Å². The predicted molar refractivity (Wildman–Crippen MR) is 121 cm³/mol.